The van der Waals surface area contributed by atoms with E-state index in [2.05, 4.69) is 22.7 Å². The van der Waals surface area contributed by atoms with Gasteiger partial charge in [-0.1, -0.05) is 18.7 Å². The van der Waals surface area contributed by atoms with E-state index in [1.54, 1.807) is 38.2 Å². The molecule has 0 bridgehead atoms. The van der Waals surface area contributed by atoms with Gasteiger partial charge in [0, 0.05) is 23.4 Å². The first-order valence-electron chi connectivity index (χ1n) is 8.21. The van der Waals surface area contributed by atoms with E-state index in [-0.39, 0.29) is 5.91 Å². The Morgan fingerprint density at radius 3 is 2.64 bits per heavy atom. The van der Waals surface area contributed by atoms with Crippen LogP contribution in [-0.4, -0.2) is 26.1 Å². The summed E-state index contributed by atoms with van der Waals surface area (Å²) < 4.78 is 26.2. The average molecular weight is 363 g/mol. The minimum atomic E-state index is -3.36. The second kappa shape index (κ2) is 9.84. The Kier molecular flexibility index (Phi) is 8.16. The van der Waals surface area contributed by atoms with E-state index >= 15 is 0 Å². The van der Waals surface area contributed by atoms with Crippen molar-refractivity contribution in [2.24, 2.45) is 0 Å². The first-order valence-corrected chi connectivity index (χ1v) is 9.76. The number of nitriles is 1. The highest BCUT2D eigenvalue weighted by atomic mass is 32.2. The molecule has 0 heterocycles. The molecule has 2 N–H and O–H groups in total. The molecule has 0 radical (unpaired) electrons. The van der Waals surface area contributed by atoms with Gasteiger partial charge in [0.25, 0.3) is 0 Å². The monoisotopic (exact) mass is 363 g/mol. The van der Waals surface area contributed by atoms with Crippen LogP contribution < -0.4 is 10.0 Å². The molecule has 25 heavy (non-hydrogen) atoms. The number of sulfonamides is 1. The molecule has 0 aliphatic heterocycles. The minimum Gasteiger partial charge on any atom is -0.352 e. The van der Waals surface area contributed by atoms with Crippen molar-refractivity contribution in [3.63, 3.8) is 0 Å². The molecule has 0 saturated carbocycles. The summed E-state index contributed by atoms with van der Waals surface area (Å²) in [4.78, 5) is 12.1. The summed E-state index contributed by atoms with van der Waals surface area (Å²) >= 11 is 0. The number of nitrogens with one attached hydrogen (secondary N) is 2. The largest absolute Gasteiger partial charge is 0.352 e. The van der Waals surface area contributed by atoms with Crippen LogP contribution in [0.5, 0.6) is 0 Å². The summed E-state index contributed by atoms with van der Waals surface area (Å²) in [5.41, 5.74) is 1.85. The Balaban J connectivity index is 2.49. The highest BCUT2D eigenvalue weighted by Crippen LogP contribution is 2.18. The predicted molar refractivity (Wildman–Crippen MR) is 98.7 cm³/mol. The molecule has 0 spiro atoms. The summed E-state index contributed by atoms with van der Waals surface area (Å²) in [7, 11) is -3.36. The fourth-order valence-corrected chi connectivity index (χ4v) is 2.90. The van der Waals surface area contributed by atoms with Crippen molar-refractivity contribution in [1.82, 2.24) is 10.0 Å². The van der Waals surface area contributed by atoms with Gasteiger partial charge in [0.05, 0.1) is 11.3 Å². The smallest absolute Gasteiger partial charge is 0.247 e. The number of hydrogen-bond donors (Lipinski definition) is 2. The fraction of sp³-hybridized carbons (Fsp3) is 0.444. The molecule has 0 unspecified atom stereocenters. The van der Waals surface area contributed by atoms with E-state index in [0.717, 1.165) is 0 Å². The lowest BCUT2D eigenvalue weighted by Crippen LogP contribution is -2.31. The summed E-state index contributed by atoms with van der Waals surface area (Å²) in [6.07, 6.45) is 8.74. The van der Waals surface area contributed by atoms with Crippen LogP contribution in [0.15, 0.2) is 47.7 Å². The van der Waals surface area contributed by atoms with Gasteiger partial charge in [0.2, 0.25) is 15.9 Å². The standard InChI is InChI=1S/C18H25N3O3S/c1-4-6-15(13-19)7-5-12-20-18(22)16-8-10-17(11-9-16)21-25(23,24)14(2)3/h4,6,8,10,14,21H,1,5,7,9,11-12H2,2-3H3,(H,20,22)/b15-6+. The van der Waals surface area contributed by atoms with Crippen molar-refractivity contribution in [2.75, 3.05) is 6.54 Å². The van der Waals surface area contributed by atoms with Crippen LogP contribution in [0.2, 0.25) is 0 Å². The molecule has 1 amide bonds. The summed E-state index contributed by atoms with van der Waals surface area (Å²) in [6, 6.07) is 2.09. The Bertz CT molecular complexity index is 738. The van der Waals surface area contributed by atoms with Crippen molar-refractivity contribution in [3.05, 3.63) is 47.7 Å². The van der Waals surface area contributed by atoms with Crippen molar-refractivity contribution in [3.8, 4) is 6.07 Å². The van der Waals surface area contributed by atoms with Gasteiger partial charge in [0.1, 0.15) is 0 Å². The third kappa shape index (κ3) is 6.98. The molecule has 0 aromatic carbocycles. The first-order chi connectivity index (χ1) is 11.8. The molecule has 0 fully saturated rings. The van der Waals surface area contributed by atoms with Crippen LogP contribution >= 0.6 is 0 Å². The maximum absolute atomic E-state index is 12.1. The third-order valence-electron chi connectivity index (χ3n) is 3.71. The van der Waals surface area contributed by atoms with Gasteiger partial charge in [-0.15, -0.1) is 0 Å². The molecule has 1 aliphatic rings. The number of rotatable bonds is 9. The van der Waals surface area contributed by atoms with Gasteiger partial charge in [-0.3, -0.25) is 9.52 Å². The Morgan fingerprint density at radius 1 is 1.40 bits per heavy atom. The molecule has 6 nitrogen and oxygen atoms in total. The van der Waals surface area contributed by atoms with Crippen molar-refractivity contribution < 1.29 is 13.2 Å². The number of carbonyl (C=O) groups excluding carboxylic acids is 1. The summed E-state index contributed by atoms with van der Waals surface area (Å²) in [5.74, 6) is -0.159. The molecular formula is C18H25N3O3S. The molecule has 0 atom stereocenters. The molecule has 0 aromatic rings. The lowest BCUT2D eigenvalue weighted by Gasteiger charge is -2.17. The summed E-state index contributed by atoms with van der Waals surface area (Å²) in [5, 5.41) is 11.2. The number of carbonyl (C=O) groups is 1. The minimum absolute atomic E-state index is 0.159. The Morgan fingerprint density at radius 2 is 2.12 bits per heavy atom. The Hall–Kier alpha value is -2.33. The zero-order chi connectivity index (χ0) is 18.9. The van der Waals surface area contributed by atoms with Crippen LogP contribution in [0.3, 0.4) is 0 Å². The topological polar surface area (TPSA) is 99.1 Å². The van der Waals surface area contributed by atoms with Gasteiger partial charge in [-0.2, -0.15) is 5.26 Å². The van der Waals surface area contributed by atoms with Crippen LogP contribution in [0, 0.1) is 11.3 Å². The zero-order valence-corrected chi connectivity index (χ0v) is 15.5. The van der Waals surface area contributed by atoms with Crippen LogP contribution in [0.1, 0.15) is 39.5 Å². The van der Waals surface area contributed by atoms with Gasteiger partial charge in [0.15, 0.2) is 0 Å². The Labute approximate surface area is 150 Å². The van der Waals surface area contributed by atoms with Gasteiger partial charge in [-0.05, 0) is 51.7 Å². The molecule has 1 rings (SSSR count). The SMILES string of the molecule is C=C/C=C(/C#N)CCCNC(=O)C1=CC=C(NS(=O)(=O)C(C)C)CC1. The third-order valence-corrected chi connectivity index (χ3v) is 5.49. The van der Waals surface area contributed by atoms with E-state index < -0.39 is 15.3 Å². The molecular weight excluding hydrogens is 338 g/mol. The normalized spacial score (nSPS) is 15.0. The van der Waals surface area contributed by atoms with Crippen LogP contribution in [0.4, 0.5) is 0 Å². The quantitative estimate of drug-likeness (QED) is 0.373. The fourth-order valence-electron chi connectivity index (χ4n) is 2.13. The predicted octanol–water partition coefficient (Wildman–Crippen LogP) is 2.45. The van der Waals surface area contributed by atoms with Crippen molar-refractivity contribution in [2.45, 2.75) is 44.8 Å². The summed E-state index contributed by atoms with van der Waals surface area (Å²) in [6.45, 7) is 7.25. The number of hydrogen-bond acceptors (Lipinski definition) is 4. The van der Waals surface area contributed by atoms with Crippen LogP contribution in [-0.2, 0) is 14.8 Å². The van der Waals surface area contributed by atoms with E-state index in [0.29, 0.717) is 49.1 Å². The molecule has 1 aliphatic carbocycles. The average Bonchev–Trinajstić information content (AvgIpc) is 2.57. The zero-order valence-electron chi connectivity index (χ0n) is 14.7. The molecule has 0 aromatic heterocycles. The highest BCUT2D eigenvalue weighted by Gasteiger charge is 2.19. The maximum Gasteiger partial charge on any atom is 0.247 e. The second-order valence-corrected chi connectivity index (χ2v) is 8.22. The van der Waals surface area contributed by atoms with Crippen molar-refractivity contribution >= 4 is 15.9 Å². The maximum atomic E-state index is 12.1. The molecule has 0 saturated heterocycles. The molecule has 7 heteroatoms. The lowest BCUT2D eigenvalue weighted by molar-refractivity contribution is -0.117. The number of nitrogens with zero attached hydrogens (tertiary/aromatic N) is 1. The van der Waals surface area contributed by atoms with Crippen molar-refractivity contribution in [1.29, 1.82) is 5.26 Å². The van der Waals surface area contributed by atoms with E-state index in [1.807, 2.05) is 0 Å². The number of allylic oxidation sites excluding steroid dienone is 6. The highest BCUT2D eigenvalue weighted by molar-refractivity contribution is 7.90. The van der Waals surface area contributed by atoms with E-state index in [4.69, 9.17) is 5.26 Å². The lowest BCUT2D eigenvalue weighted by atomic mass is 10.0. The van der Waals surface area contributed by atoms with Gasteiger partial charge < -0.3 is 5.32 Å². The van der Waals surface area contributed by atoms with E-state index in [9.17, 15) is 13.2 Å². The first kappa shape index (κ1) is 20.7. The second-order valence-electron chi connectivity index (χ2n) is 5.98. The van der Waals surface area contributed by atoms with Gasteiger partial charge in [-0.25, -0.2) is 8.42 Å². The van der Waals surface area contributed by atoms with E-state index in [1.165, 1.54) is 0 Å². The van der Waals surface area contributed by atoms with Crippen LogP contribution in [0.25, 0.3) is 0 Å². The number of amides is 1. The van der Waals surface area contributed by atoms with Gasteiger partial charge >= 0.3 is 0 Å². The molecule has 136 valence electrons.